The highest BCUT2D eigenvalue weighted by atomic mass is 14.0. The summed E-state index contributed by atoms with van der Waals surface area (Å²) >= 11 is 0. The van der Waals surface area contributed by atoms with Crippen LogP contribution in [0.5, 0.6) is 0 Å². The third kappa shape index (κ3) is 96.0. The van der Waals surface area contributed by atoms with Gasteiger partial charge >= 0.3 is 0 Å². The van der Waals surface area contributed by atoms with Crippen molar-refractivity contribution in [2.75, 3.05) is 0 Å². The highest BCUT2D eigenvalue weighted by Gasteiger charge is 1.98. The van der Waals surface area contributed by atoms with Gasteiger partial charge in [0.15, 0.2) is 0 Å². The second-order valence-electron chi connectivity index (χ2n) is 33.2. The van der Waals surface area contributed by atoms with Crippen LogP contribution in [0.25, 0.3) is 86.2 Å². The van der Waals surface area contributed by atoms with Crippen molar-refractivity contribution in [1.29, 1.82) is 0 Å². The molecule has 0 aromatic heterocycles. The van der Waals surface area contributed by atoms with E-state index in [0.717, 1.165) is 23.7 Å². The van der Waals surface area contributed by atoms with Crippen LogP contribution in [0.4, 0.5) is 0 Å². The first-order chi connectivity index (χ1) is 72.3. The Balaban J connectivity index is -0.000000234. The van der Waals surface area contributed by atoms with E-state index in [2.05, 4.69) is 454 Å². The van der Waals surface area contributed by atoms with Gasteiger partial charge in [-0.1, -0.05) is 785 Å². The Labute approximate surface area is 912 Å². The van der Waals surface area contributed by atoms with Gasteiger partial charge < -0.3 is 0 Å². The summed E-state index contributed by atoms with van der Waals surface area (Å²) in [5.74, 6) is 3.33. The lowest BCUT2D eigenvalue weighted by Crippen LogP contribution is -1.74. The fourth-order valence-electron chi connectivity index (χ4n) is 10.6. The van der Waals surface area contributed by atoms with Gasteiger partial charge in [0.25, 0.3) is 0 Å². The van der Waals surface area contributed by atoms with Crippen LogP contribution in [0.1, 0.15) is 275 Å². The van der Waals surface area contributed by atoms with Crippen LogP contribution < -0.4 is 0 Å². The fraction of sp³-hybridized carbons (Fsp3) is 0.297. The van der Waals surface area contributed by atoms with Crippen molar-refractivity contribution in [3.8, 4) is 0 Å². The maximum absolute atomic E-state index is 2.24. The molecule has 0 aliphatic carbocycles. The van der Waals surface area contributed by atoms with Gasteiger partial charge in [-0.15, -0.1) is 0 Å². The highest BCUT2D eigenvalue weighted by Crippen LogP contribution is 2.24. The van der Waals surface area contributed by atoms with Crippen LogP contribution in [-0.4, -0.2) is 0 Å². The molecule has 0 atom stereocenters. The number of benzene rings is 20. The van der Waals surface area contributed by atoms with E-state index in [1.807, 2.05) is 329 Å². The summed E-state index contributed by atoms with van der Waals surface area (Å²) in [5, 5.41) is 21.0. The van der Waals surface area contributed by atoms with Crippen molar-refractivity contribution < 1.29 is 0 Å². The van der Waals surface area contributed by atoms with Crippen molar-refractivity contribution in [3.63, 3.8) is 0 Å². The maximum Gasteiger partial charge on any atom is -0.0178 e. The Morgan fingerprint density at radius 2 is 0.135 bits per heavy atom. The Hall–Kier alpha value is -13.5. The van der Waals surface area contributed by atoms with Crippen molar-refractivity contribution in [3.05, 3.63) is 534 Å². The molecule has 0 bridgehead atoms. The maximum atomic E-state index is 2.24. The van der Waals surface area contributed by atoms with E-state index in [1.54, 1.807) is 0 Å². The number of rotatable bonds is 0. The van der Waals surface area contributed by atoms with Crippen LogP contribution in [-0.2, 0) is 0 Å². The molecule has 20 aromatic rings. The zero-order valence-corrected chi connectivity index (χ0v) is 99.9. The summed E-state index contributed by atoms with van der Waals surface area (Å²) in [6.07, 6.45) is 5.00. The highest BCUT2D eigenvalue weighted by molar-refractivity contribution is 5.99. The molecule has 20 aromatic carbocycles. The molecule has 0 N–H and O–H groups in total. The minimum Gasteiger partial charge on any atom is -0.0683 e. The van der Waals surface area contributed by atoms with Gasteiger partial charge in [0.05, 0.1) is 0 Å². The van der Waals surface area contributed by atoms with E-state index in [0.29, 0.717) is 0 Å². The van der Waals surface area contributed by atoms with Crippen LogP contribution in [0.15, 0.2) is 534 Å². The monoisotopic (exact) mass is 1990 g/mol. The van der Waals surface area contributed by atoms with Crippen molar-refractivity contribution in [2.24, 2.45) is 23.7 Å². The second kappa shape index (κ2) is 122. The minimum atomic E-state index is 0.833. The van der Waals surface area contributed by atoms with Gasteiger partial charge in [0.1, 0.15) is 0 Å². The van der Waals surface area contributed by atoms with E-state index in [4.69, 9.17) is 0 Å². The first-order valence-electron chi connectivity index (χ1n) is 55.8. The van der Waals surface area contributed by atoms with Gasteiger partial charge in [-0.2, -0.15) is 0 Å². The smallest absolute Gasteiger partial charge is 0.0178 e. The van der Waals surface area contributed by atoms with Crippen LogP contribution >= 0.6 is 0 Å². The van der Waals surface area contributed by atoms with Crippen LogP contribution in [0.3, 0.4) is 0 Å². The molecule has 0 amide bonds. The molecule has 0 fully saturated rings. The second-order valence-corrected chi connectivity index (χ2v) is 33.2. The molecule has 0 saturated carbocycles. The van der Waals surface area contributed by atoms with E-state index in [9.17, 15) is 0 Å². The molecule has 0 spiro atoms. The van der Waals surface area contributed by atoms with Gasteiger partial charge in [-0.25, -0.2) is 0 Å². The van der Waals surface area contributed by atoms with E-state index >= 15 is 0 Å². The third-order valence-corrected chi connectivity index (χ3v) is 15.9. The van der Waals surface area contributed by atoms with Crippen molar-refractivity contribution in [1.82, 2.24) is 0 Å². The summed E-state index contributed by atoms with van der Waals surface area (Å²) in [5.41, 5.74) is 0. The lowest BCUT2D eigenvalue weighted by molar-refractivity contribution is 0.736. The third-order valence-electron chi connectivity index (χ3n) is 15.9. The zero-order chi connectivity index (χ0) is 113. The lowest BCUT2D eigenvalue weighted by atomic mass is 10.0. The average molecular weight is 1990 g/mol. The molecule has 0 unspecified atom stereocenters. The average Bonchev–Trinajstić information content (AvgIpc) is 0.810. The lowest BCUT2D eigenvalue weighted by Gasteiger charge is -2.00. The van der Waals surface area contributed by atoms with Crippen LogP contribution in [0, 0.1) is 23.7 Å². The normalized spacial score (nSPS) is 8.49. The largest absolute Gasteiger partial charge is 0.0683 e. The summed E-state index contributed by atoms with van der Waals surface area (Å²) in [4.78, 5) is 0. The van der Waals surface area contributed by atoms with Gasteiger partial charge in [0, 0.05) is 0 Å². The van der Waals surface area contributed by atoms with Gasteiger partial charge in [-0.05, 0) is 134 Å². The molecule has 0 saturated heterocycles. The Kier molecular flexibility index (Phi) is 124. The SMILES string of the molecule is CC.CC.CC.CC.CC.CC.CC.CC.CC(C)C.CC(C)C.CC(C)C.CC(C)C.CCC.CCC.CCC.CCC.c1ccc2cc3ccccc3cc2c1.c1ccc2cc3ccccc3cc2c1.c1ccc2ccccc2c1.c1ccc2ccccc2c1.c1ccc2ccccc2c1.c1ccc2ccccc2c1.c1ccccc1.c1ccccc1.c1ccccc1.c1ccccc1.c1ccccc1.c1ccccc1. The molecule has 0 heterocycles. The molecule has 0 aliphatic heterocycles. The van der Waals surface area contributed by atoms with Crippen LogP contribution in [0.2, 0.25) is 0 Å². The summed E-state index contributed by atoms with van der Waals surface area (Å²) in [7, 11) is 0. The zero-order valence-electron chi connectivity index (χ0n) is 99.9. The van der Waals surface area contributed by atoms with E-state index in [-0.39, 0.29) is 0 Å². The van der Waals surface area contributed by atoms with Gasteiger partial charge in [0.2, 0.25) is 0 Å². The van der Waals surface area contributed by atoms with E-state index in [1.165, 1.54) is 112 Å². The summed E-state index contributed by atoms with van der Waals surface area (Å²) < 4.78 is 0. The molecule has 20 rings (SSSR count). The number of hydrogen-bond acceptors (Lipinski definition) is 0. The first-order valence-corrected chi connectivity index (χ1v) is 55.8. The predicted octanol–water partition coefficient (Wildman–Crippen LogP) is 50.0. The minimum absolute atomic E-state index is 0.833. The number of hydrogen-bond donors (Lipinski definition) is 0. The molecule has 0 aliphatic rings. The van der Waals surface area contributed by atoms with Crippen molar-refractivity contribution >= 4 is 86.2 Å². The number of fused-ring (bicyclic) bond motifs is 8. The summed E-state index contributed by atoms with van der Waals surface area (Å²) in [6.45, 7) is 75.0. The topological polar surface area (TPSA) is 0 Å². The molecule has 0 nitrogen and oxygen atoms in total. The Morgan fingerprint density at radius 1 is 0.0946 bits per heavy atom. The molecule has 800 valence electrons. The Morgan fingerprint density at radius 3 is 0.182 bits per heavy atom. The Bertz CT molecular complexity index is 4490. The standard InChI is InChI=1S/2C14H10.4C10H8.6C6H6.4C4H10.4C3H8.8C2H6/c2*1-2-6-12-10-14-8-4-3-7-13(14)9-11(12)5-1;4*1-2-6-10-8-4-3-7-9(10)5-1;6*1-2-4-6-5-3-1;4*1-4(2)3;4*1-3-2;8*1-2/h2*1-10H;4*1-8H;6*1-6H;4*4H,1-3H3;4*3H2,1-2H3;8*1-2H3. The molecule has 148 heavy (non-hydrogen) atoms. The quantitative estimate of drug-likeness (QED) is 0.133. The van der Waals surface area contributed by atoms with E-state index < -0.39 is 0 Å². The van der Waals surface area contributed by atoms with Crippen molar-refractivity contribution in [2.45, 2.75) is 275 Å². The predicted molar refractivity (Wildman–Crippen MR) is 694 cm³/mol. The molecule has 0 radical (unpaired) electrons. The molecule has 0 heteroatoms. The van der Waals surface area contributed by atoms with Gasteiger partial charge in [-0.3, -0.25) is 0 Å². The summed E-state index contributed by atoms with van der Waals surface area (Å²) in [6, 6.07) is 182. The molecular weight excluding hydrogens is 1780 g/mol. The fourth-order valence-corrected chi connectivity index (χ4v) is 10.6. The first kappa shape index (κ1) is 150. The molecular formula is C148H208.